The third-order valence-electron chi connectivity index (χ3n) is 5.77. The summed E-state index contributed by atoms with van der Waals surface area (Å²) in [6, 6.07) is 13.4. The number of hydrogen-bond acceptors (Lipinski definition) is 5. The zero-order valence-corrected chi connectivity index (χ0v) is 17.3. The molecule has 30 heavy (non-hydrogen) atoms. The maximum Gasteiger partial charge on any atom is 0.263 e. The number of amides is 1. The second kappa shape index (κ2) is 8.61. The Morgan fingerprint density at radius 2 is 1.83 bits per heavy atom. The lowest BCUT2D eigenvalue weighted by atomic mass is 9.91. The highest BCUT2D eigenvalue weighted by Crippen LogP contribution is 2.28. The molecule has 1 fully saturated rings. The minimum absolute atomic E-state index is 0.0432. The molecule has 0 aliphatic heterocycles. The number of tetrazole rings is 1. The Labute approximate surface area is 174 Å². The van der Waals surface area contributed by atoms with Gasteiger partial charge >= 0.3 is 0 Å². The van der Waals surface area contributed by atoms with Crippen LogP contribution < -0.4 is 10.9 Å². The molecule has 4 rings (SSSR count). The van der Waals surface area contributed by atoms with Crippen LogP contribution in [0.1, 0.15) is 54.7 Å². The Morgan fingerprint density at radius 1 is 1.10 bits per heavy atom. The number of hydrogen-bond donors (Lipinski definition) is 1. The van der Waals surface area contributed by atoms with E-state index < -0.39 is 0 Å². The van der Waals surface area contributed by atoms with Crippen LogP contribution in [0.2, 0.25) is 0 Å². The average Bonchev–Trinajstić information content (AvgIpc) is 3.25. The van der Waals surface area contributed by atoms with Crippen molar-refractivity contribution in [3.8, 4) is 11.4 Å². The number of carbonyl (C=O) groups excluding carboxylic acids is 1. The maximum atomic E-state index is 12.7. The van der Waals surface area contributed by atoms with Crippen molar-refractivity contribution in [2.45, 2.75) is 58.2 Å². The van der Waals surface area contributed by atoms with Gasteiger partial charge in [0.15, 0.2) is 0 Å². The van der Waals surface area contributed by atoms with E-state index in [0.29, 0.717) is 12.4 Å². The van der Waals surface area contributed by atoms with Gasteiger partial charge < -0.3 is 9.88 Å². The molecule has 0 saturated heterocycles. The molecule has 8 nitrogen and oxygen atoms in total. The molecule has 0 atom stereocenters. The van der Waals surface area contributed by atoms with Crippen molar-refractivity contribution in [1.82, 2.24) is 30.1 Å². The summed E-state index contributed by atoms with van der Waals surface area (Å²) in [6.45, 7) is 4.32. The lowest BCUT2D eigenvalue weighted by Gasteiger charge is -2.28. The molecule has 1 saturated carbocycles. The number of aryl methyl sites for hydroxylation is 1. The first-order valence-electron chi connectivity index (χ1n) is 10.4. The number of rotatable bonds is 5. The smallest absolute Gasteiger partial charge is 0.263 e. The molecule has 0 unspecified atom stereocenters. The van der Waals surface area contributed by atoms with Crippen LogP contribution in [0.4, 0.5) is 0 Å². The van der Waals surface area contributed by atoms with Gasteiger partial charge in [-0.2, -0.15) is 4.80 Å². The van der Waals surface area contributed by atoms with Gasteiger partial charge in [-0.3, -0.25) is 9.59 Å². The van der Waals surface area contributed by atoms with E-state index in [2.05, 4.69) is 20.7 Å². The fourth-order valence-electron chi connectivity index (χ4n) is 4.03. The largest absolute Gasteiger partial charge is 0.349 e. The summed E-state index contributed by atoms with van der Waals surface area (Å²) >= 11 is 0. The molecular weight excluding hydrogens is 380 g/mol. The summed E-state index contributed by atoms with van der Waals surface area (Å²) in [5, 5.41) is 16.0. The zero-order chi connectivity index (χ0) is 21.1. The number of pyridine rings is 1. The maximum absolute atomic E-state index is 12.7. The van der Waals surface area contributed by atoms with Gasteiger partial charge in [0.1, 0.15) is 5.56 Å². The van der Waals surface area contributed by atoms with Crippen molar-refractivity contribution < 1.29 is 4.79 Å². The number of carbonyl (C=O) groups is 1. The molecule has 1 aliphatic rings. The second-order valence-electron chi connectivity index (χ2n) is 7.72. The second-order valence-corrected chi connectivity index (χ2v) is 7.72. The number of nitrogens with zero attached hydrogens (tertiary/aromatic N) is 5. The number of nitrogens with one attached hydrogen (secondary N) is 1. The Kier molecular flexibility index (Phi) is 5.74. The molecule has 3 aromatic rings. The van der Waals surface area contributed by atoms with Gasteiger partial charge in [-0.25, -0.2) is 0 Å². The van der Waals surface area contributed by atoms with Crippen molar-refractivity contribution in [2.24, 2.45) is 0 Å². The first kappa shape index (κ1) is 20.0. The van der Waals surface area contributed by atoms with Crippen LogP contribution in [0.15, 0.2) is 47.3 Å². The molecule has 0 spiro atoms. The monoisotopic (exact) mass is 406 g/mol. The highest BCUT2D eigenvalue weighted by Gasteiger charge is 2.26. The molecule has 156 valence electrons. The Balaban J connectivity index is 1.37. The van der Waals surface area contributed by atoms with E-state index in [1.54, 1.807) is 15.4 Å². The summed E-state index contributed by atoms with van der Waals surface area (Å²) in [5.41, 5.74) is 1.77. The summed E-state index contributed by atoms with van der Waals surface area (Å²) < 4.78 is 1.62. The topological polar surface area (TPSA) is 94.7 Å². The van der Waals surface area contributed by atoms with Gasteiger partial charge in [-0.1, -0.05) is 30.3 Å². The Morgan fingerprint density at radius 3 is 2.53 bits per heavy atom. The third kappa shape index (κ3) is 4.03. The van der Waals surface area contributed by atoms with Gasteiger partial charge in [0.25, 0.3) is 11.5 Å². The van der Waals surface area contributed by atoms with E-state index in [0.717, 1.165) is 36.9 Å². The van der Waals surface area contributed by atoms with Crippen molar-refractivity contribution in [2.75, 3.05) is 0 Å². The molecule has 1 aliphatic carbocycles. The predicted octanol–water partition coefficient (Wildman–Crippen LogP) is 2.74. The summed E-state index contributed by atoms with van der Waals surface area (Å²) in [6.07, 6.45) is 3.32. The highest BCUT2D eigenvalue weighted by molar-refractivity contribution is 5.94. The van der Waals surface area contributed by atoms with Crippen molar-refractivity contribution in [1.29, 1.82) is 0 Å². The molecular formula is C22H26N6O2. The Bertz CT molecular complexity index is 1080. The van der Waals surface area contributed by atoms with Crippen LogP contribution in [-0.2, 0) is 6.54 Å². The first-order valence-corrected chi connectivity index (χ1v) is 10.4. The highest BCUT2D eigenvalue weighted by atomic mass is 16.2. The van der Waals surface area contributed by atoms with Crippen molar-refractivity contribution >= 4 is 5.91 Å². The van der Waals surface area contributed by atoms with Crippen LogP contribution in [0.3, 0.4) is 0 Å². The van der Waals surface area contributed by atoms with E-state index in [1.165, 1.54) is 0 Å². The van der Waals surface area contributed by atoms with Crippen LogP contribution in [-0.4, -0.2) is 36.7 Å². The van der Waals surface area contributed by atoms with Gasteiger partial charge in [0.2, 0.25) is 5.82 Å². The minimum Gasteiger partial charge on any atom is -0.349 e. The fraction of sp³-hybridized carbons (Fsp3) is 0.409. The Hall–Kier alpha value is -3.29. The molecule has 1 aromatic carbocycles. The van der Waals surface area contributed by atoms with Crippen LogP contribution in [0, 0.1) is 6.92 Å². The van der Waals surface area contributed by atoms with Gasteiger partial charge in [0.05, 0.1) is 6.04 Å². The number of benzene rings is 1. The molecule has 2 heterocycles. The summed E-state index contributed by atoms with van der Waals surface area (Å²) in [7, 11) is 0. The van der Waals surface area contributed by atoms with E-state index in [-0.39, 0.29) is 29.1 Å². The van der Waals surface area contributed by atoms with Crippen molar-refractivity contribution in [3.05, 3.63) is 64.1 Å². The average molecular weight is 406 g/mol. The zero-order valence-electron chi connectivity index (χ0n) is 17.3. The standard InChI is InChI=1S/C22H26N6O2/c1-3-27-15(2)9-14-19(22(27)30)21(29)23-17-10-12-18(13-11-17)28-25-20(24-26-28)16-7-5-4-6-8-16/h4-9,14,17-18H,3,10-13H2,1-2H3,(H,23,29). The van der Waals surface area contributed by atoms with E-state index in [1.807, 2.05) is 50.2 Å². The van der Waals surface area contributed by atoms with Crippen molar-refractivity contribution in [3.63, 3.8) is 0 Å². The van der Waals surface area contributed by atoms with Gasteiger partial charge in [-0.05, 0) is 56.9 Å². The summed E-state index contributed by atoms with van der Waals surface area (Å²) in [5.74, 6) is 0.327. The fourth-order valence-corrected chi connectivity index (χ4v) is 4.03. The van der Waals surface area contributed by atoms with Gasteiger partial charge in [0, 0.05) is 23.8 Å². The molecule has 8 heteroatoms. The first-order chi connectivity index (χ1) is 14.6. The van der Waals surface area contributed by atoms with Crippen LogP contribution in [0.25, 0.3) is 11.4 Å². The summed E-state index contributed by atoms with van der Waals surface area (Å²) in [4.78, 5) is 26.9. The normalized spacial score (nSPS) is 18.9. The SMILES string of the molecule is CCn1c(C)ccc(C(=O)NC2CCC(n3nnc(-c4ccccc4)n3)CC2)c1=O. The lowest BCUT2D eigenvalue weighted by molar-refractivity contribution is 0.0918. The van der Waals surface area contributed by atoms with E-state index in [4.69, 9.17) is 0 Å². The molecule has 2 aromatic heterocycles. The molecule has 0 bridgehead atoms. The quantitative estimate of drug-likeness (QED) is 0.703. The minimum atomic E-state index is -0.295. The van der Waals surface area contributed by atoms with E-state index in [9.17, 15) is 9.59 Å². The van der Waals surface area contributed by atoms with Crippen LogP contribution >= 0.6 is 0 Å². The lowest BCUT2D eigenvalue weighted by Crippen LogP contribution is -2.41. The number of aromatic nitrogens is 5. The van der Waals surface area contributed by atoms with Gasteiger partial charge in [-0.15, -0.1) is 10.2 Å². The molecule has 0 radical (unpaired) electrons. The van der Waals surface area contributed by atoms with Crippen LogP contribution in [0.5, 0.6) is 0 Å². The predicted molar refractivity (Wildman–Crippen MR) is 113 cm³/mol. The van der Waals surface area contributed by atoms with E-state index >= 15 is 0 Å². The molecule has 1 N–H and O–H groups in total. The molecule has 1 amide bonds. The third-order valence-corrected chi connectivity index (χ3v) is 5.77.